The first-order chi connectivity index (χ1) is 12.2. The first-order valence-electron chi connectivity index (χ1n) is 8.69. The Morgan fingerprint density at radius 3 is 2.64 bits per heavy atom. The maximum Gasteiger partial charge on any atom is 0.220 e. The zero-order valence-corrected chi connectivity index (χ0v) is 14.7. The molecule has 4 heteroatoms. The minimum absolute atomic E-state index is 0.0860. The van der Waals surface area contributed by atoms with Crippen molar-refractivity contribution in [3.05, 3.63) is 65.9 Å². The number of H-pyrrole nitrogens is 1. The van der Waals surface area contributed by atoms with E-state index in [0.717, 1.165) is 23.3 Å². The summed E-state index contributed by atoms with van der Waals surface area (Å²) in [6.45, 7) is 2.59. The maximum atomic E-state index is 12.0. The molecule has 0 spiro atoms. The normalized spacial score (nSPS) is 12.1. The van der Waals surface area contributed by atoms with Gasteiger partial charge in [-0.25, -0.2) is 0 Å². The van der Waals surface area contributed by atoms with Crippen LogP contribution in [0, 0.1) is 0 Å². The number of carbonyl (C=O) groups is 1. The zero-order chi connectivity index (χ0) is 17.6. The minimum atomic E-state index is 0.0860. The van der Waals surface area contributed by atoms with Crippen molar-refractivity contribution in [2.45, 2.75) is 25.7 Å². The van der Waals surface area contributed by atoms with Crippen LogP contribution in [0.4, 0.5) is 0 Å². The Morgan fingerprint density at radius 1 is 1.16 bits per heavy atom. The van der Waals surface area contributed by atoms with E-state index in [1.54, 1.807) is 7.11 Å². The molecule has 1 unspecified atom stereocenters. The number of hydrogen-bond acceptors (Lipinski definition) is 2. The van der Waals surface area contributed by atoms with Gasteiger partial charge in [-0.1, -0.05) is 37.3 Å². The second-order valence-corrected chi connectivity index (χ2v) is 6.17. The SMILES string of the molecule is CCCC(=O)NCC(c1ccc(OC)cc1)c1c[nH]c2ccccc12. The third kappa shape index (κ3) is 3.85. The number of methoxy groups -OCH3 is 1. The molecule has 0 aliphatic carbocycles. The minimum Gasteiger partial charge on any atom is -0.497 e. The van der Waals surface area contributed by atoms with Crippen molar-refractivity contribution in [3.8, 4) is 5.75 Å². The number of aromatic amines is 1. The molecule has 1 amide bonds. The summed E-state index contributed by atoms with van der Waals surface area (Å²) < 4.78 is 5.26. The summed E-state index contributed by atoms with van der Waals surface area (Å²) >= 11 is 0. The molecule has 2 aromatic carbocycles. The third-order valence-corrected chi connectivity index (χ3v) is 4.50. The molecule has 0 aliphatic rings. The highest BCUT2D eigenvalue weighted by molar-refractivity contribution is 5.84. The Bertz CT molecular complexity index is 836. The molecule has 0 aliphatic heterocycles. The number of benzene rings is 2. The van der Waals surface area contributed by atoms with Gasteiger partial charge in [0.1, 0.15) is 5.75 Å². The van der Waals surface area contributed by atoms with Crippen LogP contribution < -0.4 is 10.1 Å². The highest BCUT2D eigenvalue weighted by Gasteiger charge is 2.19. The number of amides is 1. The zero-order valence-electron chi connectivity index (χ0n) is 14.7. The molecule has 130 valence electrons. The molecule has 1 heterocycles. The van der Waals surface area contributed by atoms with Gasteiger partial charge in [-0.05, 0) is 35.7 Å². The molecule has 1 atom stereocenters. The predicted octanol–water partition coefficient (Wildman–Crippen LogP) is 4.22. The van der Waals surface area contributed by atoms with E-state index in [9.17, 15) is 4.79 Å². The molecular formula is C21H24N2O2. The van der Waals surface area contributed by atoms with Crippen molar-refractivity contribution in [1.82, 2.24) is 10.3 Å². The molecule has 1 aromatic heterocycles. The summed E-state index contributed by atoms with van der Waals surface area (Å²) in [6, 6.07) is 16.3. The monoisotopic (exact) mass is 336 g/mol. The van der Waals surface area contributed by atoms with E-state index in [2.05, 4.69) is 34.6 Å². The van der Waals surface area contributed by atoms with Crippen LogP contribution in [0.2, 0.25) is 0 Å². The summed E-state index contributed by atoms with van der Waals surface area (Å²) in [5.74, 6) is 1.01. The first kappa shape index (κ1) is 17.1. The Balaban J connectivity index is 1.94. The predicted molar refractivity (Wildman–Crippen MR) is 101 cm³/mol. The van der Waals surface area contributed by atoms with Crippen molar-refractivity contribution >= 4 is 16.8 Å². The number of ether oxygens (including phenoxy) is 1. The van der Waals surface area contributed by atoms with Crippen molar-refractivity contribution in [2.75, 3.05) is 13.7 Å². The number of carbonyl (C=O) groups excluding carboxylic acids is 1. The van der Waals surface area contributed by atoms with Crippen LogP contribution >= 0.6 is 0 Å². The van der Waals surface area contributed by atoms with Gasteiger partial charge in [-0.2, -0.15) is 0 Å². The lowest BCUT2D eigenvalue weighted by Gasteiger charge is -2.18. The molecule has 0 bridgehead atoms. The fourth-order valence-corrected chi connectivity index (χ4v) is 3.16. The van der Waals surface area contributed by atoms with E-state index < -0.39 is 0 Å². The van der Waals surface area contributed by atoms with Crippen LogP contribution in [0.1, 0.15) is 36.8 Å². The molecular weight excluding hydrogens is 312 g/mol. The van der Waals surface area contributed by atoms with E-state index >= 15 is 0 Å². The molecule has 0 saturated carbocycles. The molecule has 2 N–H and O–H groups in total. The Kier molecular flexibility index (Phi) is 5.39. The van der Waals surface area contributed by atoms with Crippen LogP contribution in [-0.2, 0) is 4.79 Å². The maximum absolute atomic E-state index is 12.0. The van der Waals surface area contributed by atoms with Gasteiger partial charge in [0.05, 0.1) is 7.11 Å². The van der Waals surface area contributed by atoms with E-state index in [1.807, 2.05) is 37.4 Å². The standard InChI is InChI=1S/C21H24N2O2/c1-3-6-21(24)23-13-18(15-9-11-16(25-2)12-10-15)19-14-22-20-8-5-4-7-17(19)20/h4-5,7-12,14,18,22H,3,6,13H2,1-2H3,(H,23,24). The van der Waals surface area contributed by atoms with E-state index in [0.29, 0.717) is 13.0 Å². The fourth-order valence-electron chi connectivity index (χ4n) is 3.16. The quantitative estimate of drug-likeness (QED) is 0.678. The van der Waals surface area contributed by atoms with Gasteiger partial charge in [0, 0.05) is 36.0 Å². The number of para-hydroxylation sites is 1. The second kappa shape index (κ2) is 7.88. The first-order valence-corrected chi connectivity index (χ1v) is 8.69. The lowest BCUT2D eigenvalue weighted by atomic mass is 9.90. The van der Waals surface area contributed by atoms with Gasteiger partial charge >= 0.3 is 0 Å². The molecule has 0 fully saturated rings. The van der Waals surface area contributed by atoms with Crippen LogP contribution in [0.3, 0.4) is 0 Å². The summed E-state index contributed by atoms with van der Waals surface area (Å²) in [5, 5.41) is 4.27. The van der Waals surface area contributed by atoms with Gasteiger partial charge in [0.2, 0.25) is 5.91 Å². The second-order valence-electron chi connectivity index (χ2n) is 6.17. The Labute approximate surface area is 148 Å². The molecule has 4 nitrogen and oxygen atoms in total. The molecule has 0 saturated heterocycles. The van der Waals surface area contributed by atoms with Crippen molar-refractivity contribution in [3.63, 3.8) is 0 Å². The third-order valence-electron chi connectivity index (χ3n) is 4.50. The van der Waals surface area contributed by atoms with E-state index in [1.165, 1.54) is 10.9 Å². The van der Waals surface area contributed by atoms with Gasteiger partial charge in [0.15, 0.2) is 0 Å². The van der Waals surface area contributed by atoms with Gasteiger partial charge < -0.3 is 15.0 Å². The summed E-state index contributed by atoms with van der Waals surface area (Å²) in [5.41, 5.74) is 3.45. The average Bonchev–Trinajstić information content (AvgIpc) is 3.07. The number of nitrogens with one attached hydrogen (secondary N) is 2. The van der Waals surface area contributed by atoms with E-state index in [4.69, 9.17) is 4.74 Å². The molecule has 0 radical (unpaired) electrons. The van der Waals surface area contributed by atoms with Crippen LogP contribution in [0.15, 0.2) is 54.7 Å². The van der Waals surface area contributed by atoms with Crippen LogP contribution in [0.25, 0.3) is 10.9 Å². The lowest BCUT2D eigenvalue weighted by Crippen LogP contribution is -2.28. The summed E-state index contributed by atoms with van der Waals surface area (Å²) in [6.07, 6.45) is 3.46. The average molecular weight is 336 g/mol. The highest BCUT2D eigenvalue weighted by atomic mass is 16.5. The largest absolute Gasteiger partial charge is 0.497 e. The summed E-state index contributed by atoms with van der Waals surface area (Å²) in [7, 11) is 1.66. The number of fused-ring (bicyclic) bond motifs is 1. The topological polar surface area (TPSA) is 54.1 Å². The Morgan fingerprint density at radius 2 is 1.92 bits per heavy atom. The van der Waals surface area contributed by atoms with Crippen molar-refractivity contribution in [2.24, 2.45) is 0 Å². The van der Waals surface area contributed by atoms with Crippen molar-refractivity contribution in [1.29, 1.82) is 0 Å². The smallest absolute Gasteiger partial charge is 0.220 e. The summed E-state index contributed by atoms with van der Waals surface area (Å²) in [4.78, 5) is 15.3. The van der Waals surface area contributed by atoms with Gasteiger partial charge in [-0.15, -0.1) is 0 Å². The number of hydrogen-bond donors (Lipinski definition) is 2. The van der Waals surface area contributed by atoms with Crippen LogP contribution in [-0.4, -0.2) is 24.5 Å². The van der Waals surface area contributed by atoms with Gasteiger partial charge in [0.25, 0.3) is 0 Å². The number of aromatic nitrogens is 1. The lowest BCUT2D eigenvalue weighted by molar-refractivity contribution is -0.121. The number of rotatable bonds is 7. The highest BCUT2D eigenvalue weighted by Crippen LogP contribution is 2.31. The molecule has 25 heavy (non-hydrogen) atoms. The molecule has 3 aromatic rings. The van der Waals surface area contributed by atoms with E-state index in [-0.39, 0.29) is 11.8 Å². The van der Waals surface area contributed by atoms with Gasteiger partial charge in [-0.3, -0.25) is 4.79 Å². The van der Waals surface area contributed by atoms with Crippen molar-refractivity contribution < 1.29 is 9.53 Å². The Hall–Kier alpha value is -2.75. The van der Waals surface area contributed by atoms with Crippen LogP contribution in [0.5, 0.6) is 5.75 Å². The fraction of sp³-hybridized carbons (Fsp3) is 0.286. The molecule has 3 rings (SSSR count).